The lowest BCUT2D eigenvalue weighted by molar-refractivity contribution is 0.0965. The van der Waals surface area contributed by atoms with Crippen molar-refractivity contribution >= 4 is 12.0 Å². The maximum absolute atomic E-state index is 11.4. The quantitative estimate of drug-likeness (QED) is 0.836. The van der Waals surface area contributed by atoms with E-state index in [1.807, 2.05) is 6.07 Å². The van der Waals surface area contributed by atoms with Crippen LogP contribution in [0.5, 0.6) is 0 Å². The van der Waals surface area contributed by atoms with E-state index in [9.17, 15) is 4.79 Å². The predicted molar refractivity (Wildman–Crippen MR) is 63.7 cm³/mol. The Morgan fingerprint density at radius 2 is 2.31 bits per heavy atom. The third-order valence-corrected chi connectivity index (χ3v) is 2.44. The van der Waals surface area contributed by atoms with Crippen molar-refractivity contribution in [1.82, 2.24) is 10.3 Å². The summed E-state index contributed by atoms with van der Waals surface area (Å²) in [5, 5.41) is 2.49. The Kier molecular flexibility index (Phi) is 3.15. The number of hydrogen-bond donors (Lipinski definition) is 1. The molecule has 2 rings (SSSR count). The van der Waals surface area contributed by atoms with E-state index in [1.54, 1.807) is 12.3 Å². The van der Waals surface area contributed by atoms with Crippen LogP contribution in [0.1, 0.15) is 28.9 Å². The summed E-state index contributed by atoms with van der Waals surface area (Å²) in [5.41, 5.74) is 1.44. The molecular formula is C13H14N2O. The number of hydrogen-bond acceptors (Lipinski definition) is 2. The van der Waals surface area contributed by atoms with Crippen molar-refractivity contribution in [3.63, 3.8) is 0 Å². The highest BCUT2D eigenvalue weighted by Crippen LogP contribution is 2.30. The highest BCUT2D eigenvalue weighted by Gasteiger charge is 2.16. The van der Waals surface area contributed by atoms with Gasteiger partial charge >= 0.3 is 0 Å². The second-order valence-corrected chi connectivity index (χ2v) is 3.85. The zero-order chi connectivity index (χ0) is 11.4. The number of nitrogens with one attached hydrogen (secondary N) is 1. The summed E-state index contributed by atoms with van der Waals surface area (Å²) in [5.74, 6) is 0.525. The molecule has 3 heteroatoms. The van der Waals surface area contributed by atoms with Gasteiger partial charge < -0.3 is 5.32 Å². The third kappa shape index (κ3) is 2.79. The van der Waals surface area contributed by atoms with Crippen molar-refractivity contribution in [2.45, 2.75) is 12.8 Å². The molecule has 0 saturated heterocycles. The van der Waals surface area contributed by atoms with Crippen LogP contribution in [0.2, 0.25) is 0 Å². The average Bonchev–Trinajstić information content (AvgIpc) is 3.11. The van der Waals surface area contributed by atoms with Crippen LogP contribution in [0.3, 0.4) is 0 Å². The van der Waals surface area contributed by atoms with Crippen LogP contribution in [-0.2, 0) is 0 Å². The van der Waals surface area contributed by atoms with Crippen LogP contribution in [-0.4, -0.2) is 10.9 Å². The summed E-state index contributed by atoms with van der Waals surface area (Å²) < 4.78 is 0. The van der Waals surface area contributed by atoms with E-state index in [-0.39, 0.29) is 5.91 Å². The second kappa shape index (κ2) is 4.75. The lowest BCUT2D eigenvalue weighted by Crippen LogP contribution is -2.17. The standard InChI is InChI=1S/C13H14N2O/c1-2-14-13(16)12-8-7-11(9-15-12)6-5-10-3-4-10/h2,5-10H,1,3-4H2,(H,14,16)/b6-5+. The SMILES string of the molecule is C=CNC(=O)c1ccc(/C=C/C2CC2)cn1. The molecule has 1 N–H and O–H groups in total. The summed E-state index contributed by atoms with van der Waals surface area (Å²) >= 11 is 0. The fourth-order valence-corrected chi connectivity index (χ4v) is 1.34. The zero-order valence-corrected chi connectivity index (χ0v) is 9.02. The smallest absolute Gasteiger partial charge is 0.273 e. The topological polar surface area (TPSA) is 42.0 Å². The predicted octanol–water partition coefficient (Wildman–Crippen LogP) is 2.38. The average molecular weight is 214 g/mol. The van der Waals surface area contributed by atoms with Crippen LogP contribution in [0.25, 0.3) is 6.08 Å². The van der Waals surface area contributed by atoms with E-state index in [0.29, 0.717) is 5.69 Å². The minimum absolute atomic E-state index is 0.229. The van der Waals surface area contributed by atoms with Crippen molar-refractivity contribution in [1.29, 1.82) is 0 Å². The molecule has 16 heavy (non-hydrogen) atoms. The van der Waals surface area contributed by atoms with Crippen LogP contribution < -0.4 is 5.32 Å². The van der Waals surface area contributed by atoms with Crippen LogP contribution >= 0.6 is 0 Å². The molecule has 0 radical (unpaired) electrons. The summed E-state index contributed by atoms with van der Waals surface area (Å²) in [4.78, 5) is 15.5. The number of rotatable bonds is 4. The zero-order valence-electron chi connectivity index (χ0n) is 9.02. The molecule has 3 nitrogen and oxygen atoms in total. The molecule has 1 amide bonds. The fourth-order valence-electron chi connectivity index (χ4n) is 1.34. The van der Waals surface area contributed by atoms with Gasteiger partial charge in [0, 0.05) is 6.20 Å². The maximum Gasteiger partial charge on any atom is 0.273 e. The summed E-state index contributed by atoms with van der Waals surface area (Å²) in [6.45, 7) is 3.43. The Bertz CT molecular complexity index is 416. The Labute approximate surface area is 94.9 Å². The van der Waals surface area contributed by atoms with E-state index in [4.69, 9.17) is 0 Å². The minimum atomic E-state index is -0.229. The monoisotopic (exact) mass is 214 g/mol. The summed E-state index contributed by atoms with van der Waals surface area (Å²) in [6.07, 6.45) is 9.90. The molecule has 1 aromatic heterocycles. The molecule has 0 bridgehead atoms. The van der Waals surface area contributed by atoms with Gasteiger partial charge in [-0.25, -0.2) is 0 Å². The number of carbonyl (C=O) groups is 1. The molecule has 82 valence electrons. The maximum atomic E-state index is 11.4. The molecule has 1 aromatic rings. The highest BCUT2D eigenvalue weighted by atomic mass is 16.1. The van der Waals surface area contributed by atoms with E-state index in [0.717, 1.165) is 11.5 Å². The molecule has 1 saturated carbocycles. The first-order valence-electron chi connectivity index (χ1n) is 5.35. The number of aromatic nitrogens is 1. The van der Waals surface area contributed by atoms with Gasteiger partial charge in [-0.2, -0.15) is 0 Å². The van der Waals surface area contributed by atoms with Crippen LogP contribution in [0.15, 0.2) is 37.2 Å². The van der Waals surface area contributed by atoms with Crippen molar-refractivity contribution < 1.29 is 4.79 Å². The minimum Gasteiger partial charge on any atom is -0.328 e. The number of amides is 1. The van der Waals surface area contributed by atoms with Crippen LogP contribution in [0, 0.1) is 5.92 Å². The van der Waals surface area contributed by atoms with Crippen molar-refractivity contribution in [2.24, 2.45) is 5.92 Å². The van der Waals surface area contributed by atoms with Gasteiger partial charge in [0.05, 0.1) is 0 Å². The molecule has 1 heterocycles. The third-order valence-electron chi connectivity index (χ3n) is 2.44. The molecule has 0 aromatic carbocycles. The lowest BCUT2D eigenvalue weighted by Gasteiger charge is -1.99. The van der Waals surface area contributed by atoms with Gasteiger partial charge in [0.15, 0.2) is 0 Å². The van der Waals surface area contributed by atoms with Crippen molar-refractivity contribution in [2.75, 3.05) is 0 Å². The van der Waals surface area contributed by atoms with Gasteiger partial charge in [-0.3, -0.25) is 9.78 Å². The Hall–Kier alpha value is -1.90. The first kappa shape index (κ1) is 10.6. The Balaban J connectivity index is 2.03. The molecule has 0 atom stereocenters. The highest BCUT2D eigenvalue weighted by molar-refractivity contribution is 5.92. The Morgan fingerprint density at radius 1 is 1.50 bits per heavy atom. The first-order valence-corrected chi connectivity index (χ1v) is 5.35. The molecular weight excluding hydrogens is 200 g/mol. The first-order chi connectivity index (χ1) is 7.79. The molecule has 0 aliphatic heterocycles. The van der Waals surface area contributed by atoms with Gasteiger partial charge in [-0.05, 0) is 36.6 Å². The number of nitrogens with zero attached hydrogens (tertiary/aromatic N) is 1. The normalized spacial score (nSPS) is 15.0. The second-order valence-electron chi connectivity index (χ2n) is 3.85. The number of carbonyl (C=O) groups excluding carboxylic acids is 1. The molecule has 1 aliphatic carbocycles. The van der Waals surface area contributed by atoms with Crippen molar-refractivity contribution in [3.8, 4) is 0 Å². The number of allylic oxidation sites excluding steroid dienone is 1. The van der Waals surface area contributed by atoms with E-state index < -0.39 is 0 Å². The van der Waals surface area contributed by atoms with Crippen molar-refractivity contribution in [3.05, 3.63) is 48.4 Å². The Morgan fingerprint density at radius 3 is 2.88 bits per heavy atom. The van der Waals surface area contributed by atoms with Gasteiger partial charge in [-0.15, -0.1) is 0 Å². The molecule has 1 aliphatic rings. The number of pyridine rings is 1. The van der Waals surface area contributed by atoms with E-state index >= 15 is 0 Å². The van der Waals surface area contributed by atoms with Crippen LogP contribution in [0.4, 0.5) is 0 Å². The molecule has 0 spiro atoms. The summed E-state index contributed by atoms with van der Waals surface area (Å²) in [7, 11) is 0. The lowest BCUT2D eigenvalue weighted by atomic mass is 10.2. The van der Waals surface area contributed by atoms with E-state index in [1.165, 1.54) is 19.0 Å². The van der Waals surface area contributed by atoms with Gasteiger partial charge in [0.25, 0.3) is 5.91 Å². The fraction of sp³-hybridized carbons (Fsp3) is 0.231. The molecule has 0 unspecified atom stereocenters. The van der Waals surface area contributed by atoms with E-state index in [2.05, 4.69) is 29.0 Å². The molecule has 1 fully saturated rings. The summed E-state index contributed by atoms with van der Waals surface area (Å²) in [6, 6.07) is 3.61. The largest absolute Gasteiger partial charge is 0.328 e. The van der Waals surface area contributed by atoms with Gasteiger partial charge in [0.2, 0.25) is 0 Å². The van der Waals surface area contributed by atoms with Gasteiger partial charge in [-0.1, -0.05) is 24.8 Å². The van der Waals surface area contributed by atoms with Gasteiger partial charge in [0.1, 0.15) is 5.69 Å².